The zero-order valence-corrected chi connectivity index (χ0v) is 14.8. The van der Waals surface area contributed by atoms with Crippen LogP contribution in [0, 0.1) is 5.92 Å². The van der Waals surface area contributed by atoms with Crippen molar-refractivity contribution < 1.29 is 18.7 Å². The van der Waals surface area contributed by atoms with Crippen molar-refractivity contribution in [2.75, 3.05) is 20.3 Å². The van der Waals surface area contributed by atoms with E-state index in [0.717, 1.165) is 17.9 Å². The molecule has 0 aliphatic carbocycles. The normalized spacial score (nSPS) is 25.2. The molecular formula is C19H23N3O4. The number of aromatic nitrogens is 1. The molecule has 26 heavy (non-hydrogen) atoms. The molecule has 3 atom stereocenters. The minimum atomic E-state index is -0.178. The van der Waals surface area contributed by atoms with Crippen LogP contribution in [-0.4, -0.2) is 48.2 Å². The number of fused-ring (bicyclic) bond motifs is 1. The fraction of sp³-hybridized carbons (Fsp3) is 0.474. The Bertz CT molecular complexity index is 749. The quantitative estimate of drug-likeness (QED) is 0.846. The van der Waals surface area contributed by atoms with Crippen LogP contribution in [0.4, 0.5) is 0 Å². The van der Waals surface area contributed by atoms with Gasteiger partial charge in [-0.3, -0.25) is 9.69 Å². The lowest BCUT2D eigenvalue weighted by Gasteiger charge is -2.21. The van der Waals surface area contributed by atoms with Crippen molar-refractivity contribution in [2.24, 2.45) is 5.92 Å². The summed E-state index contributed by atoms with van der Waals surface area (Å²) >= 11 is 0. The largest absolute Gasteiger partial charge is 0.481 e. The maximum absolute atomic E-state index is 12.7. The van der Waals surface area contributed by atoms with Crippen LogP contribution in [0.5, 0.6) is 5.88 Å². The summed E-state index contributed by atoms with van der Waals surface area (Å²) in [7, 11) is 1.61. The Morgan fingerprint density at radius 2 is 2.31 bits per heavy atom. The van der Waals surface area contributed by atoms with Gasteiger partial charge in [-0.05, 0) is 24.6 Å². The highest BCUT2D eigenvalue weighted by Crippen LogP contribution is 2.34. The van der Waals surface area contributed by atoms with Gasteiger partial charge in [-0.1, -0.05) is 6.07 Å². The number of likely N-dealkylation sites (tertiary alicyclic amines) is 1. The van der Waals surface area contributed by atoms with Crippen molar-refractivity contribution >= 4 is 5.91 Å². The van der Waals surface area contributed by atoms with Gasteiger partial charge in [-0.2, -0.15) is 0 Å². The summed E-state index contributed by atoms with van der Waals surface area (Å²) in [6.07, 6.45) is 2.49. The average Bonchev–Trinajstić information content (AvgIpc) is 3.39. The molecule has 7 heteroatoms. The summed E-state index contributed by atoms with van der Waals surface area (Å²) < 4.78 is 16.4. The van der Waals surface area contributed by atoms with E-state index in [4.69, 9.17) is 13.9 Å². The molecule has 0 aromatic carbocycles. The van der Waals surface area contributed by atoms with Gasteiger partial charge in [0, 0.05) is 31.8 Å². The first kappa shape index (κ1) is 17.1. The first-order valence-corrected chi connectivity index (χ1v) is 8.90. The minimum absolute atomic E-state index is 0.0133. The third-order valence-electron chi connectivity index (χ3n) is 5.11. The summed E-state index contributed by atoms with van der Waals surface area (Å²) in [5.41, 5.74) is 0.937. The molecule has 2 fully saturated rings. The lowest BCUT2D eigenvalue weighted by atomic mass is 10.0. The lowest BCUT2D eigenvalue weighted by Crippen LogP contribution is -2.37. The number of carbonyl (C=O) groups is 1. The molecule has 0 bridgehead atoms. The highest BCUT2D eigenvalue weighted by molar-refractivity contribution is 5.80. The SMILES string of the molecule is COc1cccc(CN2C[C@H](C(=O)NCc3ccco3)[C@H]3OCC[C@H]32)n1. The van der Waals surface area contributed by atoms with Crippen molar-refractivity contribution in [2.45, 2.75) is 31.7 Å². The first-order chi connectivity index (χ1) is 12.7. The van der Waals surface area contributed by atoms with Crippen molar-refractivity contribution in [1.82, 2.24) is 15.2 Å². The second-order valence-electron chi connectivity index (χ2n) is 6.70. The van der Waals surface area contributed by atoms with E-state index in [0.29, 0.717) is 32.1 Å². The number of ether oxygens (including phenoxy) is 2. The molecule has 1 N–H and O–H groups in total. The number of amides is 1. The van der Waals surface area contributed by atoms with Crippen molar-refractivity contribution in [3.05, 3.63) is 48.0 Å². The average molecular weight is 357 g/mol. The summed E-state index contributed by atoms with van der Waals surface area (Å²) in [6, 6.07) is 9.67. The van der Waals surface area contributed by atoms with Crippen LogP contribution in [0.15, 0.2) is 41.0 Å². The topological polar surface area (TPSA) is 76.8 Å². The van der Waals surface area contributed by atoms with Gasteiger partial charge < -0.3 is 19.2 Å². The molecule has 4 heterocycles. The number of nitrogens with one attached hydrogen (secondary N) is 1. The molecular weight excluding hydrogens is 334 g/mol. The fourth-order valence-corrected chi connectivity index (χ4v) is 3.87. The van der Waals surface area contributed by atoms with Crippen molar-refractivity contribution in [1.29, 1.82) is 0 Å². The smallest absolute Gasteiger partial charge is 0.227 e. The van der Waals surface area contributed by atoms with E-state index < -0.39 is 0 Å². The van der Waals surface area contributed by atoms with Crippen molar-refractivity contribution in [3.8, 4) is 5.88 Å². The molecule has 7 nitrogen and oxygen atoms in total. The number of nitrogens with zero attached hydrogens (tertiary/aromatic N) is 2. The maximum Gasteiger partial charge on any atom is 0.227 e. The number of methoxy groups -OCH3 is 1. The number of furan rings is 1. The number of pyridine rings is 1. The zero-order chi connectivity index (χ0) is 17.9. The van der Waals surface area contributed by atoms with Crippen LogP contribution in [0.2, 0.25) is 0 Å². The maximum atomic E-state index is 12.7. The Morgan fingerprint density at radius 1 is 1.38 bits per heavy atom. The van der Waals surface area contributed by atoms with Gasteiger partial charge in [-0.25, -0.2) is 4.98 Å². The van der Waals surface area contributed by atoms with E-state index in [9.17, 15) is 4.79 Å². The third-order valence-corrected chi connectivity index (χ3v) is 5.11. The number of rotatable bonds is 6. The van der Waals surface area contributed by atoms with Gasteiger partial charge in [0.2, 0.25) is 11.8 Å². The standard InChI is InChI=1S/C19H23N3O4/c1-24-17-6-2-4-13(21-17)11-22-12-15(18-16(22)7-9-26-18)19(23)20-10-14-5-3-8-25-14/h2-6,8,15-16,18H,7,9-12H2,1H3,(H,20,23)/t15-,16+,18+/m0/s1. The molecule has 0 spiro atoms. The molecule has 2 aliphatic rings. The van der Waals surface area contributed by atoms with E-state index in [1.54, 1.807) is 13.4 Å². The summed E-state index contributed by atoms with van der Waals surface area (Å²) in [5.74, 6) is 1.19. The Labute approximate surface area is 152 Å². The van der Waals surface area contributed by atoms with E-state index in [1.807, 2.05) is 30.3 Å². The van der Waals surface area contributed by atoms with E-state index in [1.165, 1.54) is 0 Å². The molecule has 2 aromatic heterocycles. The van der Waals surface area contributed by atoms with Crippen LogP contribution in [0.3, 0.4) is 0 Å². The molecule has 2 aromatic rings. The molecule has 4 rings (SSSR count). The van der Waals surface area contributed by atoms with Gasteiger partial charge in [0.15, 0.2) is 0 Å². The van der Waals surface area contributed by atoms with Gasteiger partial charge in [0.05, 0.1) is 37.6 Å². The van der Waals surface area contributed by atoms with Gasteiger partial charge in [-0.15, -0.1) is 0 Å². The minimum Gasteiger partial charge on any atom is -0.481 e. The van der Waals surface area contributed by atoms with E-state index in [-0.39, 0.29) is 24.0 Å². The number of hydrogen-bond acceptors (Lipinski definition) is 6. The van der Waals surface area contributed by atoms with Crippen LogP contribution >= 0.6 is 0 Å². The van der Waals surface area contributed by atoms with Crippen LogP contribution in [-0.2, 0) is 22.6 Å². The molecule has 0 saturated carbocycles. The van der Waals surface area contributed by atoms with Crippen LogP contribution in [0.1, 0.15) is 17.9 Å². The van der Waals surface area contributed by atoms with Gasteiger partial charge >= 0.3 is 0 Å². The monoisotopic (exact) mass is 357 g/mol. The Hall–Kier alpha value is -2.38. The molecule has 2 saturated heterocycles. The van der Waals surface area contributed by atoms with E-state index in [2.05, 4.69) is 15.2 Å². The predicted molar refractivity (Wildman–Crippen MR) is 93.4 cm³/mol. The van der Waals surface area contributed by atoms with Crippen molar-refractivity contribution in [3.63, 3.8) is 0 Å². The molecule has 2 aliphatic heterocycles. The highest BCUT2D eigenvalue weighted by atomic mass is 16.5. The van der Waals surface area contributed by atoms with Crippen LogP contribution in [0.25, 0.3) is 0 Å². The van der Waals surface area contributed by atoms with E-state index >= 15 is 0 Å². The number of carbonyl (C=O) groups excluding carboxylic acids is 1. The predicted octanol–water partition coefficient (Wildman–Crippen LogP) is 1.59. The molecule has 0 radical (unpaired) electrons. The molecule has 138 valence electrons. The third kappa shape index (κ3) is 3.45. The lowest BCUT2D eigenvalue weighted by molar-refractivity contribution is -0.127. The molecule has 0 unspecified atom stereocenters. The van der Waals surface area contributed by atoms with Gasteiger partial charge in [0.25, 0.3) is 0 Å². The summed E-state index contributed by atoms with van der Waals surface area (Å²) in [5, 5.41) is 2.97. The number of hydrogen-bond donors (Lipinski definition) is 1. The Morgan fingerprint density at radius 3 is 3.12 bits per heavy atom. The second kappa shape index (κ2) is 7.47. The highest BCUT2D eigenvalue weighted by Gasteiger charge is 2.48. The second-order valence-corrected chi connectivity index (χ2v) is 6.70. The Balaban J connectivity index is 1.42. The van der Waals surface area contributed by atoms with Gasteiger partial charge in [0.1, 0.15) is 5.76 Å². The first-order valence-electron chi connectivity index (χ1n) is 8.90. The summed E-state index contributed by atoms with van der Waals surface area (Å²) in [4.78, 5) is 19.5. The molecule has 1 amide bonds. The van der Waals surface area contributed by atoms with Crippen LogP contribution < -0.4 is 10.1 Å². The Kier molecular flexibility index (Phi) is 4.90. The zero-order valence-electron chi connectivity index (χ0n) is 14.8. The summed E-state index contributed by atoms with van der Waals surface area (Å²) in [6.45, 7) is 2.44. The fourth-order valence-electron chi connectivity index (χ4n) is 3.87.